The van der Waals surface area contributed by atoms with Crippen LogP contribution in [0.15, 0.2) is 46.3 Å². The summed E-state index contributed by atoms with van der Waals surface area (Å²) in [4.78, 5) is 0. The number of halogens is 1. The summed E-state index contributed by atoms with van der Waals surface area (Å²) in [5.41, 5.74) is 5.46. The maximum absolute atomic E-state index is 10.4. The van der Waals surface area contributed by atoms with Crippen molar-refractivity contribution in [3.8, 4) is 0 Å². The highest BCUT2D eigenvalue weighted by Gasteiger charge is 2.37. The Balaban J connectivity index is 2.13. The molecule has 0 aromatic heterocycles. The molecule has 1 unspecified atom stereocenters. The van der Waals surface area contributed by atoms with Crippen LogP contribution in [0.5, 0.6) is 0 Å². The van der Waals surface area contributed by atoms with Crippen molar-refractivity contribution in [1.29, 1.82) is 0 Å². The quantitative estimate of drug-likeness (QED) is 0.684. The molecule has 0 amide bonds. The number of allylic oxidation sites excluding steroid dienone is 7. The molecule has 0 bridgehead atoms. The Morgan fingerprint density at radius 2 is 2.15 bits per heavy atom. The van der Waals surface area contributed by atoms with E-state index in [-0.39, 0.29) is 5.92 Å². The van der Waals surface area contributed by atoms with Crippen molar-refractivity contribution in [2.75, 3.05) is 5.88 Å². The fourth-order valence-corrected chi connectivity index (χ4v) is 4.36. The first kappa shape index (κ1) is 14.0. The third-order valence-corrected chi connectivity index (χ3v) is 5.50. The lowest BCUT2D eigenvalue weighted by molar-refractivity contribution is 0.327. The molecule has 20 heavy (non-hydrogen) atoms. The molecule has 0 fully saturated rings. The van der Waals surface area contributed by atoms with Gasteiger partial charge in [0.25, 0.3) is 0 Å². The van der Waals surface area contributed by atoms with E-state index in [1.165, 1.54) is 35.1 Å². The third kappa shape index (κ3) is 2.16. The van der Waals surface area contributed by atoms with Gasteiger partial charge in [0.15, 0.2) is 0 Å². The van der Waals surface area contributed by atoms with Crippen molar-refractivity contribution in [3.05, 3.63) is 46.3 Å². The summed E-state index contributed by atoms with van der Waals surface area (Å²) < 4.78 is 0. The van der Waals surface area contributed by atoms with Gasteiger partial charge in [-0.3, -0.25) is 0 Å². The molecule has 0 saturated heterocycles. The molecule has 3 rings (SSSR count). The monoisotopic (exact) mass is 290 g/mol. The second kappa shape index (κ2) is 5.44. The molecule has 0 radical (unpaired) electrons. The zero-order chi connectivity index (χ0) is 14.3. The summed E-state index contributed by atoms with van der Waals surface area (Å²) in [5, 5.41) is 10.4. The molecular formula is C18H23ClO. The Hall–Kier alpha value is -0.950. The van der Waals surface area contributed by atoms with Crippen LogP contribution in [0.1, 0.15) is 39.5 Å². The normalized spacial score (nSPS) is 33.0. The molecule has 2 heteroatoms. The van der Waals surface area contributed by atoms with Crippen molar-refractivity contribution < 1.29 is 5.11 Å². The van der Waals surface area contributed by atoms with Gasteiger partial charge < -0.3 is 5.11 Å². The molecule has 1 nitrogen and oxygen atoms in total. The van der Waals surface area contributed by atoms with E-state index >= 15 is 0 Å². The lowest BCUT2D eigenvalue weighted by Crippen LogP contribution is -2.28. The van der Waals surface area contributed by atoms with Crippen LogP contribution in [0.3, 0.4) is 0 Å². The maximum Gasteiger partial charge on any atom is 0.100 e. The largest absolute Gasteiger partial charge is 0.512 e. The molecule has 0 spiro atoms. The molecule has 0 saturated carbocycles. The number of rotatable bonds is 2. The Kier molecular flexibility index (Phi) is 3.81. The van der Waals surface area contributed by atoms with Gasteiger partial charge in [0.05, 0.1) is 0 Å². The van der Waals surface area contributed by atoms with Crippen molar-refractivity contribution in [3.63, 3.8) is 0 Å². The van der Waals surface area contributed by atoms with Crippen molar-refractivity contribution in [2.24, 2.45) is 17.8 Å². The zero-order valence-corrected chi connectivity index (χ0v) is 13.1. The molecule has 3 aliphatic carbocycles. The van der Waals surface area contributed by atoms with Gasteiger partial charge in [-0.15, -0.1) is 11.6 Å². The van der Waals surface area contributed by atoms with Gasteiger partial charge in [-0.25, -0.2) is 0 Å². The van der Waals surface area contributed by atoms with E-state index in [4.69, 9.17) is 11.6 Å². The second-order valence-electron chi connectivity index (χ2n) is 6.36. The van der Waals surface area contributed by atoms with Gasteiger partial charge in [0.2, 0.25) is 0 Å². The van der Waals surface area contributed by atoms with Gasteiger partial charge in [0.1, 0.15) is 5.76 Å². The number of aliphatic hydroxyl groups is 1. The summed E-state index contributed by atoms with van der Waals surface area (Å²) in [6.07, 6.45) is 10.8. The van der Waals surface area contributed by atoms with Crippen molar-refractivity contribution in [1.82, 2.24) is 0 Å². The molecule has 1 N–H and O–H groups in total. The van der Waals surface area contributed by atoms with E-state index in [1.807, 2.05) is 6.08 Å². The first-order valence-corrected chi connectivity index (χ1v) is 8.26. The minimum Gasteiger partial charge on any atom is -0.512 e. The number of hydrogen-bond acceptors (Lipinski definition) is 1. The highest BCUT2D eigenvalue weighted by Crippen LogP contribution is 2.49. The molecule has 0 aliphatic heterocycles. The fourth-order valence-electron chi connectivity index (χ4n) is 4.08. The predicted octanol–water partition coefficient (Wildman–Crippen LogP) is 5.31. The predicted molar refractivity (Wildman–Crippen MR) is 84.9 cm³/mol. The smallest absolute Gasteiger partial charge is 0.100 e. The van der Waals surface area contributed by atoms with Crippen LogP contribution in [0, 0.1) is 17.8 Å². The summed E-state index contributed by atoms with van der Waals surface area (Å²) in [6.45, 7) is 4.42. The lowest BCUT2D eigenvalue weighted by Gasteiger charge is -2.39. The van der Waals surface area contributed by atoms with E-state index in [9.17, 15) is 5.11 Å². The van der Waals surface area contributed by atoms with Crippen LogP contribution in [0.2, 0.25) is 0 Å². The van der Waals surface area contributed by atoms with E-state index in [2.05, 4.69) is 26.0 Å². The topological polar surface area (TPSA) is 20.2 Å². The Morgan fingerprint density at radius 1 is 1.35 bits per heavy atom. The molecule has 0 aromatic carbocycles. The van der Waals surface area contributed by atoms with Crippen LogP contribution in [0.4, 0.5) is 0 Å². The number of alkyl halides is 1. The van der Waals surface area contributed by atoms with Gasteiger partial charge in [-0.2, -0.15) is 0 Å². The highest BCUT2D eigenvalue weighted by atomic mass is 35.5. The number of hydrogen-bond donors (Lipinski definition) is 1. The Bertz CT molecular complexity index is 536. The first-order chi connectivity index (χ1) is 9.65. The van der Waals surface area contributed by atoms with E-state index in [1.54, 1.807) is 0 Å². The van der Waals surface area contributed by atoms with Crippen LogP contribution in [-0.2, 0) is 0 Å². The van der Waals surface area contributed by atoms with Gasteiger partial charge in [0, 0.05) is 11.8 Å². The molecule has 3 aliphatic rings. The molecule has 0 aromatic rings. The van der Waals surface area contributed by atoms with Crippen LogP contribution < -0.4 is 0 Å². The Morgan fingerprint density at radius 3 is 2.85 bits per heavy atom. The maximum atomic E-state index is 10.4. The minimum absolute atomic E-state index is 0.169. The SMILES string of the molecule is CC[C@H]1CC2=C(C3=C(C)C=CCC3C(O)=C2)[C@H](CCl)C1. The second-order valence-corrected chi connectivity index (χ2v) is 6.67. The van der Waals surface area contributed by atoms with E-state index < -0.39 is 0 Å². The molecule has 3 atom stereocenters. The van der Waals surface area contributed by atoms with Crippen molar-refractivity contribution in [2.45, 2.75) is 39.5 Å². The lowest BCUT2D eigenvalue weighted by atomic mass is 9.66. The van der Waals surface area contributed by atoms with Gasteiger partial charge in [-0.05, 0) is 66.4 Å². The Labute approximate surface area is 126 Å². The van der Waals surface area contributed by atoms with E-state index in [0.29, 0.717) is 23.5 Å². The summed E-state index contributed by atoms with van der Waals surface area (Å²) in [6, 6.07) is 0. The first-order valence-electron chi connectivity index (χ1n) is 7.72. The average Bonchev–Trinajstić information content (AvgIpc) is 2.46. The van der Waals surface area contributed by atoms with Crippen LogP contribution >= 0.6 is 11.6 Å². The number of aliphatic hydroxyl groups excluding tert-OH is 1. The molecule has 108 valence electrons. The fraction of sp³-hybridized carbons (Fsp3) is 0.556. The van der Waals surface area contributed by atoms with Gasteiger partial charge >= 0.3 is 0 Å². The number of fused-ring (bicyclic) bond motifs is 2. The van der Waals surface area contributed by atoms with Gasteiger partial charge in [-0.1, -0.05) is 25.5 Å². The summed E-state index contributed by atoms with van der Waals surface area (Å²) in [5.74, 6) is 2.57. The van der Waals surface area contributed by atoms with Crippen molar-refractivity contribution >= 4 is 11.6 Å². The van der Waals surface area contributed by atoms with Crippen LogP contribution in [0.25, 0.3) is 0 Å². The van der Waals surface area contributed by atoms with E-state index in [0.717, 1.165) is 12.8 Å². The summed E-state index contributed by atoms with van der Waals surface area (Å²) >= 11 is 6.28. The molecule has 0 heterocycles. The summed E-state index contributed by atoms with van der Waals surface area (Å²) in [7, 11) is 0. The highest BCUT2D eigenvalue weighted by molar-refractivity contribution is 6.18. The standard InChI is InChI=1S/C18H23ClO/c1-3-12-7-13-9-16(20)15-6-4-5-11(2)17(15)18(13)14(8-12)10-19/h4-5,9,12,14-15,20H,3,6-8,10H2,1-2H3/t12-,14-,15?/m0/s1. The molecular weight excluding hydrogens is 268 g/mol. The minimum atomic E-state index is 0.169. The average molecular weight is 291 g/mol. The third-order valence-electron chi connectivity index (χ3n) is 5.13. The zero-order valence-electron chi connectivity index (χ0n) is 12.3. The van der Waals surface area contributed by atoms with Crippen LogP contribution in [-0.4, -0.2) is 11.0 Å².